The standard InChI is InChI=1S/C29H34N2O4/c1-3-5-6-7-8-9-10-11-19-12-13-24-20(14-19)15-21-17-31-25(26(21)30-24)16-23-22(27(31)32)18-35-28(33)29(23,34)4-2/h12-16,34H,3-11,17-18H2,1-2H3/t29-/m0/s1. The van der Waals surface area contributed by atoms with Gasteiger partial charge in [-0.05, 0) is 49.1 Å². The Hall–Kier alpha value is -2.99. The highest BCUT2D eigenvalue weighted by atomic mass is 16.6. The zero-order valence-corrected chi connectivity index (χ0v) is 20.7. The molecule has 35 heavy (non-hydrogen) atoms. The van der Waals surface area contributed by atoms with Gasteiger partial charge in [-0.25, -0.2) is 9.78 Å². The summed E-state index contributed by atoms with van der Waals surface area (Å²) in [4.78, 5) is 30.5. The van der Waals surface area contributed by atoms with Crippen molar-refractivity contribution in [3.05, 3.63) is 62.9 Å². The van der Waals surface area contributed by atoms with Gasteiger partial charge < -0.3 is 14.4 Å². The smallest absolute Gasteiger partial charge is 0.343 e. The second-order valence-electron chi connectivity index (χ2n) is 10.00. The van der Waals surface area contributed by atoms with Gasteiger partial charge in [0, 0.05) is 16.5 Å². The molecule has 0 saturated heterocycles. The predicted octanol–water partition coefficient (Wildman–Crippen LogP) is 5.37. The van der Waals surface area contributed by atoms with Crippen molar-refractivity contribution in [3.8, 4) is 11.4 Å². The normalized spacial score (nSPS) is 18.3. The van der Waals surface area contributed by atoms with Gasteiger partial charge in [0.25, 0.3) is 5.56 Å². The van der Waals surface area contributed by atoms with Gasteiger partial charge in [-0.2, -0.15) is 0 Å². The lowest BCUT2D eigenvalue weighted by atomic mass is 9.86. The topological polar surface area (TPSA) is 81.4 Å². The van der Waals surface area contributed by atoms with Crippen molar-refractivity contribution in [2.45, 2.75) is 90.4 Å². The number of benzene rings is 1. The van der Waals surface area contributed by atoms with Gasteiger partial charge >= 0.3 is 5.97 Å². The Labute approximate surface area is 206 Å². The summed E-state index contributed by atoms with van der Waals surface area (Å²) in [5.74, 6) is -0.699. The van der Waals surface area contributed by atoms with Crippen LogP contribution in [0.3, 0.4) is 0 Å². The number of fused-ring (bicyclic) bond motifs is 5. The number of aliphatic hydroxyl groups is 1. The third kappa shape index (κ3) is 4.18. The summed E-state index contributed by atoms with van der Waals surface area (Å²) >= 11 is 0. The van der Waals surface area contributed by atoms with Gasteiger partial charge in [0.1, 0.15) is 6.61 Å². The molecule has 4 heterocycles. The van der Waals surface area contributed by atoms with Gasteiger partial charge in [-0.15, -0.1) is 0 Å². The molecule has 1 aromatic carbocycles. The van der Waals surface area contributed by atoms with E-state index in [9.17, 15) is 14.7 Å². The van der Waals surface area contributed by atoms with Crippen LogP contribution in [0.1, 0.15) is 87.5 Å². The van der Waals surface area contributed by atoms with E-state index in [2.05, 4.69) is 31.2 Å². The molecule has 6 heteroatoms. The Bertz CT molecular complexity index is 1340. The van der Waals surface area contributed by atoms with E-state index in [-0.39, 0.29) is 18.6 Å². The summed E-state index contributed by atoms with van der Waals surface area (Å²) in [7, 11) is 0. The lowest BCUT2D eigenvalue weighted by Gasteiger charge is -2.31. The number of esters is 1. The van der Waals surface area contributed by atoms with Crippen molar-refractivity contribution < 1.29 is 14.6 Å². The number of carbonyl (C=O) groups is 1. The maximum Gasteiger partial charge on any atom is 0.343 e. The highest BCUT2D eigenvalue weighted by Crippen LogP contribution is 2.38. The molecule has 2 aromatic heterocycles. The monoisotopic (exact) mass is 474 g/mol. The maximum atomic E-state index is 13.3. The highest BCUT2D eigenvalue weighted by Gasteiger charge is 2.45. The number of hydrogen-bond donors (Lipinski definition) is 1. The summed E-state index contributed by atoms with van der Waals surface area (Å²) < 4.78 is 6.84. The molecule has 0 saturated carbocycles. The van der Waals surface area contributed by atoms with Crippen molar-refractivity contribution in [1.82, 2.24) is 9.55 Å². The number of unbranched alkanes of at least 4 members (excludes halogenated alkanes) is 6. The van der Waals surface area contributed by atoms with Gasteiger partial charge in [-0.1, -0.05) is 58.4 Å². The van der Waals surface area contributed by atoms with E-state index in [4.69, 9.17) is 9.72 Å². The third-order valence-corrected chi connectivity index (χ3v) is 7.64. The molecular formula is C29H34N2O4. The Morgan fingerprint density at radius 2 is 1.80 bits per heavy atom. The van der Waals surface area contributed by atoms with E-state index in [1.165, 1.54) is 50.5 Å². The zero-order chi connectivity index (χ0) is 24.6. The van der Waals surface area contributed by atoms with Crippen molar-refractivity contribution in [1.29, 1.82) is 0 Å². The average Bonchev–Trinajstić information content (AvgIpc) is 3.22. The Kier molecular flexibility index (Phi) is 6.49. The number of pyridine rings is 2. The third-order valence-electron chi connectivity index (χ3n) is 7.64. The van der Waals surface area contributed by atoms with E-state index < -0.39 is 11.6 Å². The summed E-state index contributed by atoms with van der Waals surface area (Å²) in [6.45, 7) is 4.28. The highest BCUT2D eigenvalue weighted by molar-refractivity contribution is 5.86. The summed E-state index contributed by atoms with van der Waals surface area (Å²) in [6.07, 6.45) is 10.3. The summed E-state index contributed by atoms with van der Waals surface area (Å²) in [5.41, 5.74) is 3.27. The minimum atomic E-state index is -1.80. The Morgan fingerprint density at radius 1 is 1.03 bits per heavy atom. The van der Waals surface area contributed by atoms with E-state index in [0.29, 0.717) is 23.4 Å². The second-order valence-corrected chi connectivity index (χ2v) is 10.00. The molecule has 1 atom stereocenters. The minimum Gasteiger partial charge on any atom is -0.458 e. The van der Waals surface area contributed by atoms with E-state index >= 15 is 0 Å². The lowest BCUT2D eigenvalue weighted by Crippen LogP contribution is -2.44. The van der Waals surface area contributed by atoms with Gasteiger partial charge in [0.15, 0.2) is 5.60 Å². The van der Waals surface area contributed by atoms with E-state index in [1.807, 2.05) is 0 Å². The molecule has 3 aromatic rings. The van der Waals surface area contributed by atoms with Crippen LogP contribution in [0.2, 0.25) is 0 Å². The molecular weight excluding hydrogens is 440 g/mol. The van der Waals surface area contributed by atoms with Crippen LogP contribution in [0.15, 0.2) is 35.1 Å². The number of nitrogens with zero attached hydrogens (tertiary/aromatic N) is 2. The van der Waals surface area contributed by atoms with Crippen LogP contribution in [0.4, 0.5) is 0 Å². The largest absolute Gasteiger partial charge is 0.458 e. The van der Waals surface area contributed by atoms with Gasteiger partial charge in [0.05, 0.1) is 29.0 Å². The number of aromatic nitrogens is 2. The number of aryl methyl sites for hydroxylation is 1. The number of carbonyl (C=O) groups excluding carboxylic acids is 1. The number of rotatable bonds is 9. The Morgan fingerprint density at radius 3 is 2.57 bits per heavy atom. The fraction of sp³-hybridized carbons (Fsp3) is 0.483. The van der Waals surface area contributed by atoms with Crippen molar-refractivity contribution in [2.75, 3.05) is 0 Å². The fourth-order valence-electron chi connectivity index (χ4n) is 5.48. The summed E-state index contributed by atoms with van der Waals surface area (Å²) in [6, 6.07) is 10.3. The molecule has 0 unspecified atom stereocenters. The number of ether oxygens (including phenoxy) is 1. The first-order valence-electron chi connectivity index (χ1n) is 13.1. The average molecular weight is 475 g/mol. The molecule has 184 valence electrons. The first-order chi connectivity index (χ1) is 17.0. The molecule has 0 fully saturated rings. The second kappa shape index (κ2) is 9.57. The predicted molar refractivity (Wildman–Crippen MR) is 136 cm³/mol. The van der Waals surface area contributed by atoms with Crippen molar-refractivity contribution >= 4 is 16.9 Å². The lowest BCUT2D eigenvalue weighted by molar-refractivity contribution is -0.172. The van der Waals surface area contributed by atoms with Gasteiger partial charge in [-0.3, -0.25) is 4.79 Å². The number of hydrogen-bond acceptors (Lipinski definition) is 5. The van der Waals surface area contributed by atoms with Crippen molar-refractivity contribution in [2.24, 2.45) is 0 Å². The van der Waals surface area contributed by atoms with Crippen LogP contribution in [-0.4, -0.2) is 20.6 Å². The van der Waals surface area contributed by atoms with Crippen LogP contribution < -0.4 is 5.56 Å². The van der Waals surface area contributed by atoms with Crippen LogP contribution in [0.5, 0.6) is 0 Å². The molecule has 2 aliphatic heterocycles. The SMILES string of the molecule is CCCCCCCCCc1ccc2nc3c(cc2c1)Cn1c-3cc2c(c1=O)COC(=O)[C@]2(O)CC. The first-order valence-corrected chi connectivity index (χ1v) is 13.1. The van der Waals surface area contributed by atoms with Crippen LogP contribution >= 0.6 is 0 Å². The van der Waals surface area contributed by atoms with Crippen LogP contribution in [0, 0.1) is 0 Å². The molecule has 0 radical (unpaired) electrons. The first kappa shape index (κ1) is 23.7. The molecule has 1 N–H and O–H groups in total. The molecule has 0 bridgehead atoms. The van der Waals surface area contributed by atoms with Crippen molar-refractivity contribution in [3.63, 3.8) is 0 Å². The molecule has 6 nitrogen and oxygen atoms in total. The maximum absolute atomic E-state index is 13.3. The van der Waals surface area contributed by atoms with Crippen LogP contribution in [-0.2, 0) is 34.7 Å². The van der Waals surface area contributed by atoms with E-state index in [1.54, 1.807) is 17.6 Å². The molecule has 0 amide bonds. The number of cyclic esters (lactones) is 1. The van der Waals surface area contributed by atoms with Gasteiger partial charge in [0.2, 0.25) is 0 Å². The quantitative estimate of drug-likeness (QED) is 0.260. The van der Waals surface area contributed by atoms with E-state index in [0.717, 1.165) is 28.6 Å². The van der Waals surface area contributed by atoms with Crippen LogP contribution in [0.25, 0.3) is 22.3 Å². The summed E-state index contributed by atoms with van der Waals surface area (Å²) in [5, 5.41) is 12.1. The Balaban J connectivity index is 1.41. The molecule has 5 rings (SSSR count). The zero-order valence-electron chi connectivity index (χ0n) is 20.7. The molecule has 2 aliphatic rings. The minimum absolute atomic E-state index is 0.108. The molecule has 0 spiro atoms. The molecule has 0 aliphatic carbocycles. The fourth-order valence-corrected chi connectivity index (χ4v) is 5.48.